The second-order valence-electron chi connectivity index (χ2n) is 5.57. The molecule has 3 rings (SSSR count). The predicted molar refractivity (Wildman–Crippen MR) is 75.4 cm³/mol. The Kier molecular flexibility index (Phi) is 4.36. The molecule has 1 aromatic carbocycles. The van der Waals surface area contributed by atoms with Crippen LogP contribution in [-0.4, -0.2) is 25.4 Å². The van der Waals surface area contributed by atoms with Crippen molar-refractivity contribution in [3.8, 4) is 5.75 Å². The Hall–Kier alpha value is -1.06. The molecular formula is C16H23NO2. The van der Waals surface area contributed by atoms with Gasteiger partial charge in [-0.25, -0.2) is 0 Å². The minimum Gasteiger partial charge on any atom is -0.493 e. The maximum absolute atomic E-state index is 5.76. The molecule has 0 radical (unpaired) electrons. The smallest absolute Gasteiger partial charge is 0.119 e. The Labute approximate surface area is 115 Å². The highest BCUT2D eigenvalue weighted by Crippen LogP contribution is 2.20. The molecule has 2 aliphatic rings. The summed E-state index contributed by atoms with van der Waals surface area (Å²) in [7, 11) is 0. The van der Waals surface area contributed by atoms with Crippen molar-refractivity contribution in [2.24, 2.45) is 0 Å². The first-order valence-electron chi connectivity index (χ1n) is 7.47. The highest BCUT2D eigenvalue weighted by Gasteiger charge is 2.19. The highest BCUT2D eigenvalue weighted by molar-refractivity contribution is 5.27. The lowest BCUT2D eigenvalue weighted by Gasteiger charge is -2.11. The van der Waals surface area contributed by atoms with Crippen molar-refractivity contribution in [1.82, 2.24) is 5.32 Å². The van der Waals surface area contributed by atoms with Crippen LogP contribution in [0.5, 0.6) is 5.75 Å². The third-order valence-corrected chi connectivity index (χ3v) is 3.83. The van der Waals surface area contributed by atoms with Crippen molar-refractivity contribution in [2.45, 2.75) is 50.8 Å². The number of benzene rings is 1. The molecule has 1 N–H and O–H groups in total. The van der Waals surface area contributed by atoms with Gasteiger partial charge in [-0.05, 0) is 43.4 Å². The van der Waals surface area contributed by atoms with Gasteiger partial charge >= 0.3 is 0 Å². The van der Waals surface area contributed by atoms with E-state index >= 15 is 0 Å². The van der Waals surface area contributed by atoms with E-state index in [1.165, 1.54) is 31.2 Å². The van der Waals surface area contributed by atoms with Gasteiger partial charge in [0, 0.05) is 25.6 Å². The number of nitrogens with one attached hydrogen (secondary N) is 1. The standard InChI is InChI=1S/C16H23NO2/c1-2-15(18-10-1)9-11-19-16-7-3-13(4-8-16)12-17-14-5-6-14/h3-4,7-8,14-15,17H,1-2,5-6,9-12H2. The molecule has 104 valence electrons. The third-order valence-electron chi connectivity index (χ3n) is 3.83. The monoisotopic (exact) mass is 261 g/mol. The van der Waals surface area contributed by atoms with E-state index < -0.39 is 0 Å². The fraction of sp³-hybridized carbons (Fsp3) is 0.625. The molecule has 1 aromatic rings. The summed E-state index contributed by atoms with van der Waals surface area (Å²) in [6.07, 6.45) is 6.49. The molecule has 1 aliphatic carbocycles. The van der Waals surface area contributed by atoms with Crippen LogP contribution in [0.1, 0.15) is 37.7 Å². The molecule has 0 bridgehead atoms. The maximum atomic E-state index is 5.76. The zero-order valence-corrected chi connectivity index (χ0v) is 11.4. The fourth-order valence-electron chi connectivity index (χ4n) is 2.43. The van der Waals surface area contributed by atoms with Crippen molar-refractivity contribution in [3.05, 3.63) is 29.8 Å². The molecule has 0 spiro atoms. The first kappa shape index (κ1) is 12.9. The van der Waals surface area contributed by atoms with Gasteiger partial charge in [0.1, 0.15) is 5.75 Å². The van der Waals surface area contributed by atoms with E-state index in [1.54, 1.807) is 0 Å². The summed E-state index contributed by atoms with van der Waals surface area (Å²) in [4.78, 5) is 0. The van der Waals surface area contributed by atoms with Gasteiger partial charge in [-0.3, -0.25) is 0 Å². The van der Waals surface area contributed by atoms with Crippen molar-refractivity contribution in [2.75, 3.05) is 13.2 Å². The summed E-state index contributed by atoms with van der Waals surface area (Å²) in [5.41, 5.74) is 1.33. The molecule has 1 saturated heterocycles. The Morgan fingerprint density at radius 1 is 1.16 bits per heavy atom. The minimum atomic E-state index is 0.419. The number of rotatable bonds is 7. The van der Waals surface area contributed by atoms with Gasteiger partial charge in [-0.2, -0.15) is 0 Å². The molecule has 1 atom stereocenters. The zero-order chi connectivity index (χ0) is 12.9. The minimum absolute atomic E-state index is 0.419. The molecule has 1 heterocycles. The van der Waals surface area contributed by atoms with Gasteiger partial charge in [-0.15, -0.1) is 0 Å². The van der Waals surface area contributed by atoms with E-state index in [1.807, 2.05) is 0 Å². The first-order chi connectivity index (χ1) is 9.40. The van der Waals surface area contributed by atoms with E-state index in [0.29, 0.717) is 6.10 Å². The quantitative estimate of drug-likeness (QED) is 0.818. The van der Waals surface area contributed by atoms with Gasteiger partial charge in [0.2, 0.25) is 0 Å². The largest absolute Gasteiger partial charge is 0.493 e. The molecule has 2 fully saturated rings. The highest BCUT2D eigenvalue weighted by atomic mass is 16.5. The number of hydrogen-bond donors (Lipinski definition) is 1. The van der Waals surface area contributed by atoms with Crippen molar-refractivity contribution in [1.29, 1.82) is 0 Å². The van der Waals surface area contributed by atoms with Crippen molar-refractivity contribution < 1.29 is 9.47 Å². The van der Waals surface area contributed by atoms with Crippen LogP contribution in [0.25, 0.3) is 0 Å². The predicted octanol–water partition coefficient (Wildman–Crippen LogP) is 2.89. The molecule has 3 heteroatoms. The summed E-state index contributed by atoms with van der Waals surface area (Å²) in [5.74, 6) is 0.966. The van der Waals surface area contributed by atoms with Crippen LogP contribution in [0.4, 0.5) is 0 Å². The Balaban J connectivity index is 1.37. The van der Waals surface area contributed by atoms with Crippen LogP contribution in [-0.2, 0) is 11.3 Å². The zero-order valence-electron chi connectivity index (χ0n) is 11.4. The molecule has 1 unspecified atom stereocenters. The summed E-state index contributed by atoms with van der Waals surface area (Å²) in [6, 6.07) is 9.20. The van der Waals surface area contributed by atoms with E-state index in [2.05, 4.69) is 29.6 Å². The molecule has 1 saturated carbocycles. The summed E-state index contributed by atoms with van der Waals surface area (Å²) in [6.45, 7) is 2.65. The third kappa shape index (κ3) is 4.22. The maximum Gasteiger partial charge on any atom is 0.119 e. The Morgan fingerprint density at radius 2 is 2.00 bits per heavy atom. The van der Waals surface area contributed by atoms with Crippen LogP contribution < -0.4 is 10.1 Å². The molecule has 0 aromatic heterocycles. The van der Waals surface area contributed by atoms with E-state index in [4.69, 9.17) is 9.47 Å². The Bertz CT molecular complexity index is 380. The van der Waals surface area contributed by atoms with Crippen LogP contribution >= 0.6 is 0 Å². The summed E-state index contributed by atoms with van der Waals surface area (Å²) < 4.78 is 11.3. The van der Waals surface area contributed by atoms with Crippen molar-refractivity contribution in [3.63, 3.8) is 0 Å². The van der Waals surface area contributed by atoms with Gasteiger partial charge in [0.25, 0.3) is 0 Å². The van der Waals surface area contributed by atoms with Crippen LogP contribution in [0.2, 0.25) is 0 Å². The number of ether oxygens (including phenoxy) is 2. The molecule has 19 heavy (non-hydrogen) atoms. The molecule has 3 nitrogen and oxygen atoms in total. The average molecular weight is 261 g/mol. The lowest BCUT2D eigenvalue weighted by atomic mass is 10.2. The van der Waals surface area contributed by atoms with E-state index in [9.17, 15) is 0 Å². The molecular weight excluding hydrogens is 238 g/mol. The molecule has 1 aliphatic heterocycles. The summed E-state index contributed by atoms with van der Waals surface area (Å²) in [5, 5.41) is 3.52. The second kappa shape index (κ2) is 6.40. The van der Waals surface area contributed by atoms with Gasteiger partial charge in [0.15, 0.2) is 0 Å². The van der Waals surface area contributed by atoms with E-state index in [0.717, 1.165) is 38.0 Å². The normalized spacial score (nSPS) is 22.6. The Morgan fingerprint density at radius 3 is 2.68 bits per heavy atom. The van der Waals surface area contributed by atoms with Crippen LogP contribution in [0, 0.1) is 0 Å². The lowest BCUT2D eigenvalue weighted by Crippen LogP contribution is -2.15. The average Bonchev–Trinajstić information content (AvgIpc) is 3.13. The summed E-state index contributed by atoms with van der Waals surface area (Å²) >= 11 is 0. The van der Waals surface area contributed by atoms with E-state index in [-0.39, 0.29) is 0 Å². The SMILES string of the molecule is c1cc(OCCC2CCCO2)ccc1CNC1CC1. The first-order valence-corrected chi connectivity index (χ1v) is 7.47. The molecule has 0 amide bonds. The van der Waals surface area contributed by atoms with Gasteiger partial charge < -0.3 is 14.8 Å². The lowest BCUT2D eigenvalue weighted by molar-refractivity contribution is 0.0903. The van der Waals surface area contributed by atoms with Gasteiger partial charge in [0.05, 0.1) is 12.7 Å². The van der Waals surface area contributed by atoms with Crippen molar-refractivity contribution >= 4 is 0 Å². The van der Waals surface area contributed by atoms with Gasteiger partial charge in [-0.1, -0.05) is 12.1 Å². The van der Waals surface area contributed by atoms with Crippen LogP contribution in [0.15, 0.2) is 24.3 Å². The van der Waals surface area contributed by atoms with Crippen LogP contribution in [0.3, 0.4) is 0 Å². The topological polar surface area (TPSA) is 30.5 Å². The second-order valence-corrected chi connectivity index (χ2v) is 5.57. The number of hydrogen-bond acceptors (Lipinski definition) is 3. The fourth-order valence-corrected chi connectivity index (χ4v) is 2.43.